The van der Waals surface area contributed by atoms with Gasteiger partial charge in [-0.05, 0) is 38.1 Å². The van der Waals surface area contributed by atoms with Gasteiger partial charge < -0.3 is 14.6 Å². The minimum atomic E-state index is -0.147. The fourth-order valence-corrected chi connectivity index (χ4v) is 2.53. The van der Waals surface area contributed by atoms with E-state index in [-0.39, 0.29) is 18.3 Å². The lowest BCUT2D eigenvalue weighted by molar-refractivity contribution is 0.0769. The van der Waals surface area contributed by atoms with Gasteiger partial charge in [0.05, 0.1) is 25.0 Å². The number of nitrogens with one attached hydrogen (secondary N) is 1. The maximum absolute atomic E-state index is 12.3. The van der Waals surface area contributed by atoms with Crippen LogP contribution >= 0.6 is 12.4 Å². The van der Waals surface area contributed by atoms with E-state index < -0.39 is 0 Å². The summed E-state index contributed by atoms with van der Waals surface area (Å²) in [5.74, 6) is 0.600. The molecule has 0 radical (unpaired) electrons. The second-order valence-corrected chi connectivity index (χ2v) is 5.31. The zero-order valence-electron chi connectivity index (χ0n) is 12.4. The number of rotatable bonds is 4. The van der Waals surface area contributed by atoms with Gasteiger partial charge in [0.25, 0.3) is 5.91 Å². The van der Waals surface area contributed by atoms with Crippen molar-refractivity contribution in [3.63, 3.8) is 0 Å². The molecule has 1 aliphatic rings. The van der Waals surface area contributed by atoms with E-state index >= 15 is 0 Å². The lowest BCUT2D eigenvalue weighted by atomic mass is 10.1. The van der Waals surface area contributed by atoms with Crippen molar-refractivity contribution in [2.45, 2.75) is 25.4 Å². The maximum atomic E-state index is 12.3. The van der Waals surface area contributed by atoms with Gasteiger partial charge in [-0.15, -0.1) is 17.5 Å². The van der Waals surface area contributed by atoms with Crippen LogP contribution in [0.3, 0.4) is 0 Å². The van der Waals surface area contributed by atoms with Crippen LogP contribution in [0.25, 0.3) is 0 Å². The van der Waals surface area contributed by atoms with Crippen molar-refractivity contribution in [1.29, 1.82) is 0 Å². The summed E-state index contributed by atoms with van der Waals surface area (Å²) in [7, 11) is 1.73. The molecule has 0 saturated carbocycles. The summed E-state index contributed by atoms with van der Waals surface area (Å²) >= 11 is 0. The Morgan fingerprint density at radius 1 is 1.50 bits per heavy atom. The summed E-state index contributed by atoms with van der Waals surface area (Å²) in [4.78, 5) is 13.9. The largest absolute Gasteiger partial charge is 0.467 e. The number of carbonyl (C=O) groups is 1. The van der Waals surface area contributed by atoms with Gasteiger partial charge in [-0.2, -0.15) is 0 Å². The molecular weight excluding hydrogens is 306 g/mol. The first-order valence-electron chi connectivity index (χ1n) is 7.14. The Labute approximate surface area is 135 Å². The third-order valence-electron chi connectivity index (χ3n) is 3.73. The zero-order chi connectivity index (χ0) is 14.7. The van der Waals surface area contributed by atoms with Crippen LogP contribution in [-0.2, 0) is 6.54 Å². The van der Waals surface area contributed by atoms with Crippen LogP contribution in [-0.4, -0.2) is 45.9 Å². The topological polar surface area (TPSA) is 76.2 Å². The van der Waals surface area contributed by atoms with Crippen LogP contribution in [0.1, 0.15) is 35.1 Å². The molecule has 22 heavy (non-hydrogen) atoms. The van der Waals surface area contributed by atoms with E-state index in [2.05, 4.69) is 15.6 Å². The lowest BCUT2D eigenvalue weighted by Gasteiger charge is -2.22. The molecule has 0 spiro atoms. The number of hydrogen-bond acceptors (Lipinski definition) is 5. The number of carbonyl (C=O) groups excluding carboxylic acids is 1. The van der Waals surface area contributed by atoms with Crippen molar-refractivity contribution in [2.75, 3.05) is 20.1 Å². The first-order valence-corrected chi connectivity index (χ1v) is 7.14. The summed E-state index contributed by atoms with van der Waals surface area (Å²) in [6, 6.07) is 3.98. The molecule has 8 heteroatoms. The quantitative estimate of drug-likeness (QED) is 0.921. The second kappa shape index (κ2) is 7.42. The van der Waals surface area contributed by atoms with Crippen molar-refractivity contribution in [3.05, 3.63) is 36.0 Å². The molecule has 0 aliphatic carbocycles. The van der Waals surface area contributed by atoms with Crippen LogP contribution in [0.2, 0.25) is 0 Å². The molecule has 1 aliphatic heterocycles. The summed E-state index contributed by atoms with van der Waals surface area (Å²) in [6.45, 7) is 2.38. The van der Waals surface area contributed by atoms with Crippen molar-refractivity contribution < 1.29 is 9.21 Å². The van der Waals surface area contributed by atoms with Crippen LogP contribution in [0.5, 0.6) is 0 Å². The Hall–Kier alpha value is -1.86. The van der Waals surface area contributed by atoms with E-state index in [0.717, 1.165) is 31.7 Å². The summed E-state index contributed by atoms with van der Waals surface area (Å²) in [5, 5.41) is 11.4. The van der Waals surface area contributed by atoms with Crippen LogP contribution in [0.4, 0.5) is 0 Å². The van der Waals surface area contributed by atoms with Gasteiger partial charge in [-0.25, -0.2) is 4.68 Å². The number of aromatic nitrogens is 3. The van der Waals surface area contributed by atoms with E-state index in [9.17, 15) is 4.79 Å². The fourth-order valence-electron chi connectivity index (χ4n) is 2.53. The Balaban J connectivity index is 0.00000176. The number of piperidine rings is 1. The van der Waals surface area contributed by atoms with Gasteiger partial charge >= 0.3 is 0 Å². The van der Waals surface area contributed by atoms with Gasteiger partial charge in [0.1, 0.15) is 5.76 Å². The van der Waals surface area contributed by atoms with Gasteiger partial charge in [0.2, 0.25) is 0 Å². The second-order valence-electron chi connectivity index (χ2n) is 5.31. The van der Waals surface area contributed by atoms with Gasteiger partial charge in [0, 0.05) is 7.05 Å². The molecule has 0 atom stereocenters. The number of amides is 1. The highest BCUT2D eigenvalue weighted by molar-refractivity contribution is 5.91. The minimum Gasteiger partial charge on any atom is -0.467 e. The first-order chi connectivity index (χ1) is 10.2. The highest BCUT2D eigenvalue weighted by atomic mass is 35.5. The molecular formula is C14H20ClN5O2. The molecule has 1 amide bonds. The molecule has 0 aromatic carbocycles. The Morgan fingerprint density at radius 3 is 2.95 bits per heavy atom. The molecule has 1 N–H and O–H groups in total. The standard InChI is InChI=1S/C14H19N5O2.ClH/c1-18(9-12-3-2-8-21-12)14(20)13-10-19(17-16-13)11-4-6-15-7-5-11;/h2-3,8,10-11,15H,4-7,9H2,1H3;1H. The van der Waals surface area contributed by atoms with Crippen molar-refractivity contribution in [1.82, 2.24) is 25.2 Å². The fraction of sp³-hybridized carbons (Fsp3) is 0.500. The number of nitrogens with zero attached hydrogens (tertiary/aromatic N) is 4. The molecule has 3 rings (SSSR count). The van der Waals surface area contributed by atoms with Crippen molar-refractivity contribution >= 4 is 18.3 Å². The third-order valence-corrected chi connectivity index (χ3v) is 3.73. The Bertz CT molecular complexity index is 592. The first kappa shape index (κ1) is 16.5. The highest BCUT2D eigenvalue weighted by Crippen LogP contribution is 2.17. The zero-order valence-corrected chi connectivity index (χ0v) is 13.3. The lowest BCUT2D eigenvalue weighted by Crippen LogP contribution is -2.29. The van der Waals surface area contributed by atoms with E-state index in [1.807, 2.05) is 10.7 Å². The number of hydrogen-bond donors (Lipinski definition) is 1. The van der Waals surface area contributed by atoms with Crippen LogP contribution in [0, 0.1) is 0 Å². The van der Waals surface area contributed by atoms with Crippen molar-refractivity contribution in [3.8, 4) is 0 Å². The predicted molar refractivity (Wildman–Crippen MR) is 82.9 cm³/mol. The SMILES string of the molecule is CN(Cc1ccco1)C(=O)c1cn(C2CCNCC2)nn1.Cl. The molecule has 7 nitrogen and oxygen atoms in total. The molecule has 0 bridgehead atoms. The summed E-state index contributed by atoms with van der Waals surface area (Å²) in [5.41, 5.74) is 0.377. The van der Waals surface area contributed by atoms with E-state index in [0.29, 0.717) is 18.3 Å². The Morgan fingerprint density at radius 2 is 2.27 bits per heavy atom. The maximum Gasteiger partial charge on any atom is 0.276 e. The molecule has 0 unspecified atom stereocenters. The van der Waals surface area contributed by atoms with Gasteiger partial charge in [-0.1, -0.05) is 5.21 Å². The monoisotopic (exact) mass is 325 g/mol. The van der Waals surface area contributed by atoms with Crippen molar-refractivity contribution in [2.24, 2.45) is 0 Å². The van der Waals surface area contributed by atoms with Crippen LogP contribution in [0.15, 0.2) is 29.0 Å². The normalized spacial score (nSPS) is 15.3. The number of furan rings is 1. The minimum absolute atomic E-state index is 0. The molecule has 1 fully saturated rings. The molecule has 1 saturated heterocycles. The Kier molecular flexibility index (Phi) is 5.57. The number of halogens is 1. The summed E-state index contributed by atoms with van der Waals surface area (Å²) < 4.78 is 7.06. The van der Waals surface area contributed by atoms with Gasteiger partial charge in [0.15, 0.2) is 5.69 Å². The summed E-state index contributed by atoms with van der Waals surface area (Å²) in [6.07, 6.45) is 5.37. The average Bonchev–Trinajstić information content (AvgIpc) is 3.18. The average molecular weight is 326 g/mol. The van der Waals surface area contributed by atoms with E-state index in [1.54, 1.807) is 30.5 Å². The molecule has 2 aromatic heterocycles. The van der Waals surface area contributed by atoms with E-state index in [4.69, 9.17) is 4.42 Å². The van der Waals surface area contributed by atoms with E-state index in [1.165, 1.54) is 0 Å². The predicted octanol–water partition coefficient (Wildman–Crippen LogP) is 1.49. The molecule has 3 heterocycles. The smallest absolute Gasteiger partial charge is 0.276 e. The molecule has 2 aromatic rings. The van der Waals surface area contributed by atoms with Gasteiger partial charge in [-0.3, -0.25) is 4.79 Å². The third kappa shape index (κ3) is 3.66. The molecule has 120 valence electrons. The van der Waals surface area contributed by atoms with Crippen LogP contribution < -0.4 is 5.32 Å². The highest BCUT2D eigenvalue weighted by Gasteiger charge is 2.21.